The van der Waals surface area contributed by atoms with Crippen molar-refractivity contribution in [2.75, 3.05) is 6.54 Å². The van der Waals surface area contributed by atoms with Gasteiger partial charge in [-0.15, -0.1) is 0 Å². The van der Waals surface area contributed by atoms with Crippen LogP contribution in [0.1, 0.15) is 37.4 Å². The highest BCUT2D eigenvalue weighted by atomic mass is 16.3. The molecule has 1 aliphatic rings. The highest BCUT2D eigenvalue weighted by Crippen LogP contribution is 2.24. The van der Waals surface area contributed by atoms with Gasteiger partial charge in [-0.1, -0.05) is 36.8 Å². The third-order valence-electron chi connectivity index (χ3n) is 3.74. The minimum Gasteiger partial charge on any atom is -0.393 e. The molecule has 2 rings (SSSR count). The van der Waals surface area contributed by atoms with Crippen molar-refractivity contribution in [3.05, 3.63) is 35.9 Å². The van der Waals surface area contributed by atoms with Gasteiger partial charge in [0.2, 0.25) is 5.91 Å². The average molecular weight is 263 g/mol. The van der Waals surface area contributed by atoms with Crippen molar-refractivity contribution < 1.29 is 15.0 Å². The van der Waals surface area contributed by atoms with Crippen molar-refractivity contribution in [3.8, 4) is 0 Å². The first kappa shape index (κ1) is 14.0. The number of aliphatic hydroxyl groups is 2. The molecule has 0 heterocycles. The average Bonchev–Trinajstić information content (AvgIpc) is 2.83. The maximum Gasteiger partial charge on any atom is 0.222 e. The van der Waals surface area contributed by atoms with Crippen LogP contribution in [0, 0.1) is 5.92 Å². The van der Waals surface area contributed by atoms with Crippen LogP contribution in [0.4, 0.5) is 0 Å². The van der Waals surface area contributed by atoms with Gasteiger partial charge in [0.1, 0.15) is 0 Å². The second-order valence-electron chi connectivity index (χ2n) is 5.19. The number of rotatable bonds is 5. The lowest BCUT2D eigenvalue weighted by atomic mass is 10.0. The molecule has 3 unspecified atom stereocenters. The monoisotopic (exact) mass is 263 g/mol. The molecular weight excluding hydrogens is 242 g/mol. The molecule has 1 fully saturated rings. The predicted octanol–water partition coefficient (Wildman–Crippen LogP) is 1.39. The van der Waals surface area contributed by atoms with E-state index in [0.717, 1.165) is 24.8 Å². The SMILES string of the molecule is O=C(CC(O)c1ccccc1)NCC1CCCC1O. The van der Waals surface area contributed by atoms with E-state index in [-0.39, 0.29) is 24.3 Å². The Morgan fingerprint density at radius 2 is 2.05 bits per heavy atom. The molecule has 3 atom stereocenters. The third kappa shape index (κ3) is 4.04. The summed E-state index contributed by atoms with van der Waals surface area (Å²) in [4.78, 5) is 11.7. The smallest absolute Gasteiger partial charge is 0.222 e. The van der Waals surface area contributed by atoms with Crippen LogP contribution in [0.15, 0.2) is 30.3 Å². The van der Waals surface area contributed by atoms with Crippen LogP contribution in [0.3, 0.4) is 0 Å². The van der Waals surface area contributed by atoms with Crippen LogP contribution in [-0.4, -0.2) is 28.8 Å². The topological polar surface area (TPSA) is 69.6 Å². The summed E-state index contributed by atoms with van der Waals surface area (Å²) in [6.45, 7) is 0.501. The normalized spacial score (nSPS) is 24.1. The number of nitrogens with one attached hydrogen (secondary N) is 1. The summed E-state index contributed by atoms with van der Waals surface area (Å²) in [7, 11) is 0. The lowest BCUT2D eigenvalue weighted by Gasteiger charge is -2.16. The van der Waals surface area contributed by atoms with Gasteiger partial charge in [0, 0.05) is 12.5 Å². The Bertz CT molecular complexity index is 407. The van der Waals surface area contributed by atoms with E-state index in [1.807, 2.05) is 18.2 Å². The third-order valence-corrected chi connectivity index (χ3v) is 3.74. The number of hydrogen-bond acceptors (Lipinski definition) is 3. The van der Waals surface area contributed by atoms with E-state index in [1.165, 1.54) is 0 Å². The fourth-order valence-corrected chi connectivity index (χ4v) is 2.54. The van der Waals surface area contributed by atoms with Crippen molar-refractivity contribution in [3.63, 3.8) is 0 Å². The maximum absolute atomic E-state index is 11.7. The van der Waals surface area contributed by atoms with Gasteiger partial charge < -0.3 is 15.5 Å². The maximum atomic E-state index is 11.7. The molecular formula is C15H21NO3. The zero-order valence-corrected chi connectivity index (χ0v) is 11.0. The van der Waals surface area contributed by atoms with Gasteiger partial charge in [-0.2, -0.15) is 0 Å². The molecule has 0 spiro atoms. The van der Waals surface area contributed by atoms with Gasteiger partial charge in [0.15, 0.2) is 0 Å². The molecule has 19 heavy (non-hydrogen) atoms. The number of carbonyl (C=O) groups is 1. The number of amides is 1. The minimum atomic E-state index is -0.769. The van der Waals surface area contributed by atoms with Crippen LogP contribution >= 0.6 is 0 Å². The summed E-state index contributed by atoms with van der Waals surface area (Å²) in [5.74, 6) is -0.00623. The van der Waals surface area contributed by atoms with Gasteiger partial charge in [-0.3, -0.25) is 4.79 Å². The predicted molar refractivity (Wildman–Crippen MR) is 72.4 cm³/mol. The quantitative estimate of drug-likeness (QED) is 0.752. The molecule has 104 valence electrons. The van der Waals surface area contributed by atoms with Gasteiger partial charge in [0.05, 0.1) is 18.6 Å². The second-order valence-corrected chi connectivity index (χ2v) is 5.19. The first-order valence-corrected chi connectivity index (χ1v) is 6.84. The molecule has 0 saturated heterocycles. The Labute approximate surface area is 113 Å². The van der Waals surface area contributed by atoms with E-state index >= 15 is 0 Å². The second kappa shape index (κ2) is 6.68. The summed E-state index contributed by atoms with van der Waals surface area (Å²) in [6, 6.07) is 9.16. The highest BCUT2D eigenvalue weighted by Gasteiger charge is 2.25. The van der Waals surface area contributed by atoms with E-state index in [1.54, 1.807) is 12.1 Å². The summed E-state index contributed by atoms with van der Waals surface area (Å²) in [6.07, 6.45) is 1.81. The number of hydrogen-bond donors (Lipinski definition) is 3. The van der Waals surface area contributed by atoms with E-state index in [0.29, 0.717) is 6.54 Å². The van der Waals surface area contributed by atoms with E-state index in [2.05, 4.69) is 5.32 Å². The van der Waals surface area contributed by atoms with Crippen LogP contribution in [0.5, 0.6) is 0 Å². The molecule has 3 N–H and O–H groups in total. The van der Waals surface area contributed by atoms with Crippen LogP contribution in [0.25, 0.3) is 0 Å². The fraction of sp³-hybridized carbons (Fsp3) is 0.533. The van der Waals surface area contributed by atoms with E-state index in [4.69, 9.17) is 0 Å². The standard InChI is InChI=1S/C15H21NO3/c17-13-8-4-7-12(13)10-16-15(19)9-14(18)11-5-2-1-3-6-11/h1-3,5-6,12-14,17-18H,4,7-10H2,(H,16,19). The molecule has 1 amide bonds. The van der Waals surface area contributed by atoms with Crippen molar-refractivity contribution in [1.29, 1.82) is 0 Å². The van der Waals surface area contributed by atoms with Crippen LogP contribution in [-0.2, 0) is 4.79 Å². The largest absolute Gasteiger partial charge is 0.393 e. The molecule has 1 saturated carbocycles. The molecule has 0 aliphatic heterocycles. The first-order valence-electron chi connectivity index (χ1n) is 6.84. The molecule has 1 aliphatic carbocycles. The molecule has 1 aromatic carbocycles. The van der Waals surface area contributed by atoms with Gasteiger partial charge in [-0.25, -0.2) is 0 Å². The minimum absolute atomic E-state index is 0.0623. The number of aliphatic hydroxyl groups excluding tert-OH is 2. The molecule has 0 bridgehead atoms. The first-order chi connectivity index (χ1) is 9.16. The number of carbonyl (C=O) groups excluding carboxylic acids is 1. The molecule has 0 radical (unpaired) electrons. The van der Waals surface area contributed by atoms with Gasteiger partial charge in [-0.05, 0) is 18.4 Å². The van der Waals surface area contributed by atoms with Crippen molar-refractivity contribution in [2.24, 2.45) is 5.92 Å². The van der Waals surface area contributed by atoms with Crippen molar-refractivity contribution in [2.45, 2.75) is 37.9 Å². The lowest BCUT2D eigenvalue weighted by molar-refractivity contribution is -0.123. The highest BCUT2D eigenvalue weighted by molar-refractivity contribution is 5.76. The van der Waals surface area contributed by atoms with Crippen molar-refractivity contribution >= 4 is 5.91 Å². The molecule has 4 nitrogen and oxygen atoms in total. The zero-order valence-electron chi connectivity index (χ0n) is 11.0. The summed E-state index contributed by atoms with van der Waals surface area (Å²) in [5.41, 5.74) is 0.749. The Hall–Kier alpha value is -1.39. The zero-order chi connectivity index (χ0) is 13.7. The Balaban J connectivity index is 1.75. The van der Waals surface area contributed by atoms with Crippen molar-refractivity contribution in [1.82, 2.24) is 5.32 Å². The summed E-state index contributed by atoms with van der Waals surface area (Å²) >= 11 is 0. The lowest BCUT2D eigenvalue weighted by Crippen LogP contribution is -2.33. The van der Waals surface area contributed by atoms with Gasteiger partial charge >= 0.3 is 0 Å². The summed E-state index contributed by atoms with van der Waals surface area (Å²) < 4.78 is 0. The Morgan fingerprint density at radius 1 is 1.32 bits per heavy atom. The summed E-state index contributed by atoms with van der Waals surface area (Å²) in [5, 5.41) is 22.4. The molecule has 1 aromatic rings. The fourth-order valence-electron chi connectivity index (χ4n) is 2.54. The van der Waals surface area contributed by atoms with E-state index < -0.39 is 6.10 Å². The van der Waals surface area contributed by atoms with E-state index in [9.17, 15) is 15.0 Å². The molecule has 0 aromatic heterocycles. The van der Waals surface area contributed by atoms with Crippen LogP contribution in [0.2, 0.25) is 0 Å². The molecule has 4 heteroatoms. The van der Waals surface area contributed by atoms with Crippen LogP contribution < -0.4 is 5.32 Å². The van der Waals surface area contributed by atoms with Gasteiger partial charge in [0.25, 0.3) is 0 Å². The Morgan fingerprint density at radius 3 is 2.68 bits per heavy atom. The Kier molecular flexibility index (Phi) is 4.93. The number of benzene rings is 1.